The van der Waals surface area contributed by atoms with Crippen LogP contribution in [0, 0.1) is 19.3 Å². The van der Waals surface area contributed by atoms with Crippen molar-refractivity contribution in [1.82, 2.24) is 0 Å². The van der Waals surface area contributed by atoms with Gasteiger partial charge < -0.3 is 17.0 Å². The molecule has 0 unspecified atom stereocenters. The molecular weight excluding hydrogens is 272 g/mol. The number of terminal acetylenes is 1. The summed E-state index contributed by atoms with van der Waals surface area (Å²) in [5, 5.41) is 0.767. The summed E-state index contributed by atoms with van der Waals surface area (Å²) >= 11 is 1.58. The number of nitrogen functional groups attached to an aromatic ring is 1. The number of nitrogens with zero attached hydrogens (tertiary/aromatic N) is 1. The lowest BCUT2D eigenvalue weighted by atomic mass is 10.2. The molecule has 0 aliphatic carbocycles. The maximum absolute atomic E-state index is 5.88. The minimum absolute atomic E-state index is 0. The summed E-state index contributed by atoms with van der Waals surface area (Å²) in [7, 11) is 0. The van der Waals surface area contributed by atoms with Crippen LogP contribution in [0.25, 0.3) is 10.2 Å². The molecule has 0 fully saturated rings. The maximum atomic E-state index is 5.88. The van der Waals surface area contributed by atoms with Crippen LogP contribution in [-0.4, -0.2) is 0 Å². The molecule has 0 saturated carbocycles. The number of anilines is 1. The van der Waals surface area contributed by atoms with Gasteiger partial charge in [-0.15, -0.1) is 6.42 Å². The van der Waals surface area contributed by atoms with E-state index in [1.165, 1.54) is 10.3 Å². The number of aryl methyl sites for hydroxylation is 1. The third kappa shape index (κ3) is 2.14. The first-order valence-corrected chi connectivity index (χ1v) is 5.16. The Labute approximate surface area is 103 Å². The highest BCUT2D eigenvalue weighted by molar-refractivity contribution is 7.21. The summed E-state index contributed by atoms with van der Waals surface area (Å²) in [5.41, 5.74) is 8.24. The lowest BCUT2D eigenvalue weighted by Gasteiger charge is -1.94. The van der Waals surface area contributed by atoms with Crippen molar-refractivity contribution >= 4 is 26.7 Å². The van der Waals surface area contributed by atoms with E-state index in [0.717, 1.165) is 10.6 Å². The summed E-state index contributed by atoms with van der Waals surface area (Å²) in [6, 6.07) is 6.26. The first kappa shape index (κ1) is 12.0. The fourth-order valence-electron chi connectivity index (χ4n) is 1.47. The van der Waals surface area contributed by atoms with Crippen LogP contribution in [0.1, 0.15) is 5.56 Å². The Morgan fingerprint density at radius 3 is 2.93 bits per heavy atom. The molecular formula is C11H11BrN2S. The second-order valence-corrected chi connectivity index (χ2v) is 4.26. The van der Waals surface area contributed by atoms with Gasteiger partial charge in [-0.1, -0.05) is 12.0 Å². The van der Waals surface area contributed by atoms with E-state index in [1.807, 2.05) is 4.57 Å². The highest BCUT2D eigenvalue weighted by Crippen LogP contribution is 2.22. The smallest absolute Gasteiger partial charge is 0.333 e. The number of nitrogens with two attached hydrogens (primary N) is 1. The highest BCUT2D eigenvalue weighted by Gasteiger charge is 2.13. The molecule has 2 aromatic rings. The van der Waals surface area contributed by atoms with Gasteiger partial charge in [0.1, 0.15) is 5.52 Å². The molecule has 0 spiro atoms. The van der Waals surface area contributed by atoms with Crippen LogP contribution in [-0.2, 0) is 6.54 Å². The molecule has 1 aromatic carbocycles. The van der Waals surface area contributed by atoms with Crippen LogP contribution in [0.4, 0.5) is 5.13 Å². The SMILES string of the molecule is C#CC[n+]1c(N)sc2cc(C)ccc21.[Br-]. The summed E-state index contributed by atoms with van der Waals surface area (Å²) in [5.74, 6) is 2.61. The molecule has 4 heteroatoms. The van der Waals surface area contributed by atoms with Gasteiger partial charge in [0.25, 0.3) is 0 Å². The number of rotatable bonds is 1. The van der Waals surface area contributed by atoms with Gasteiger partial charge in [-0.2, -0.15) is 0 Å². The Kier molecular flexibility index (Phi) is 3.72. The number of thiazole rings is 1. The van der Waals surface area contributed by atoms with Crippen molar-refractivity contribution in [3.8, 4) is 12.3 Å². The van der Waals surface area contributed by atoms with E-state index in [1.54, 1.807) is 11.3 Å². The summed E-state index contributed by atoms with van der Waals surface area (Å²) in [6.07, 6.45) is 5.29. The molecule has 0 atom stereocenters. The molecule has 1 aromatic heterocycles. The fraction of sp³-hybridized carbons (Fsp3) is 0.182. The van der Waals surface area contributed by atoms with Crippen LogP contribution >= 0.6 is 11.3 Å². The Balaban J connectivity index is 0.00000112. The van der Waals surface area contributed by atoms with Crippen molar-refractivity contribution in [3.05, 3.63) is 23.8 Å². The molecule has 1 heterocycles. The molecule has 0 saturated heterocycles. The zero-order valence-electron chi connectivity index (χ0n) is 8.33. The maximum Gasteiger partial charge on any atom is 0.333 e. The largest absolute Gasteiger partial charge is 1.00 e. The van der Waals surface area contributed by atoms with E-state index in [0.29, 0.717) is 6.54 Å². The topological polar surface area (TPSA) is 29.9 Å². The number of hydrogen-bond donors (Lipinski definition) is 1. The lowest BCUT2D eigenvalue weighted by molar-refractivity contribution is -0.640. The van der Waals surface area contributed by atoms with E-state index in [-0.39, 0.29) is 17.0 Å². The van der Waals surface area contributed by atoms with Crippen molar-refractivity contribution in [2.45, 2.75) is 13.5 Å². The van der Waals surface area contributed by atoms with Crippen LogP contribution < -0.4 is 27.3 Å². The number of hydrogen-bond acceptors (Lipinski definition) is 2. The summed E-state index contributed by atoms with van der Waals surface area (Å²) < 4.78 is 3.15. The van der Waals surface area contributed by atoms with Crippen LogP contribution in [0.3, 0.4) is 0 Å². The van der Waals surface area contributed by atoms with Crippen LogP contribution in [0.2, 0.25) is 0 Å². The summed E-state index contributed by atoms with van der Waals surface area (Å²) in [4.78, 5) is 0. The standard InChI is InChI=1S/C11H10N2S.BrH/c1-3-6-13-9-5-4-8(2)7-10(9)14-11(13)12;/h1,4-5,7,12H,6H2,2H3;1H. The number of benzene rings is 1. The third-order valence-corrected chi connectivity index (χ3v) is 3.11. The number of fused-ring (bicyclic) bond motifs is 1. The molecule has 0 aliphatic heterocycles. The Bertz CT molecular complexity index is 525. The number of aromatic nitrogens is 1. The normalized spacial score (nSPS) is 9.60. The number of halogens is 1. The van der Waals surface area contributed by atoms with E-state index < -0.39 is 0 Å². The van der Waals surface area contributed by atoms with Crippen molar-refractivity contribution in [1.29, 1.82) is 0 Å². The predicted octanol–water partition coefficient (Wildman–Crippen LogP) is -1.28. The van der Waals surface area contributed by atoms with Gasteiger partial charge >= 0.3 is 5.13 Å². The Morgan fingerprint density at radius 2 is 2.27 bits per heavy atom. The van der Waals surface area contributed by atoms with Gasteiger partial charge in [-0.25, -0.2) is 4.57 Å². The highest BCUT2D eigenvalue weighted by atomic mass is 79.9. The van der Waals surface area contributed by atoms with Gasteiger partial charge in [0.2, 0.25) is 0 Å². The predicted molar refractivity (Wildman–Crippen MR) is 60.0 cm³/mol. The molecule has 2 N–H and O–H groups in total. The molecule has 0 aliphatic rings. The molecule has 78 valence electrons. The van der Waals surface area contributed by atoms with Gasteiger partial charge in [0, 0.05) is 0 Å². The first-order chi connectivity index (χ1) is 6.72. The lowest BCUT2D eigenvalue weighted by Crippen LogP contribution is -3.00. The third-order valence-electron chi connectivity index (χ3n) is 2.14. The average molecular weight is 283 g/mol. The second-order valence-electron chi connectivity index (χ2n) is 3.20. The van der Waals surface area contributed by atoms with Crippen LogP contribution in [0.15, 0.2) is 18.2 Å². The average Bonchev–Trinajstić information content (AvgIpc) is 2.43. The van der Waals surface area contributed by atoms with Crippen molar-refractivity contribution in [3.63, 3.8) is 0 Å². The van der Waals surface area contributed by atoms with Gasteiger partial charge in [-0.3, -0.25) is 5.73 Å². The zero-order chi connectivity index (χ0) is 10.1. The van der Waals surface area contributed by atoms with Gasteiger partial charge in [0.05, 0.1) is 4.70 Å². The molecule has 0 bridgehead atoms. The second kappa shape index (κ2) is 4.65. The van der Waals surface area contributed by atoms with Gasteiger partial charge in [-0.05, 0) is 36.0 Å². The first-order valence-electron chi connectivity index (χ1n) is 4.34. The minimum atomic E-state index is 0. The van der Waals surface area contributed by atoms with E-state index >= 15 is 0 Å². The Hall–Kier alpha value is -1.05. The molecule has 2 nitrogen and oxygen atoms in total. The van der Waals surface area contributed by atoms with E-state index in [2.05, 4.69) is 31.0 Å². The van der Waals surface area contributed by atoms with Crippen molar-refractivity contribution in [2.75, 3.05) is 5.73 Å². The van der Waals surface area contributed by atoms with E-state index in [4.69, 9.17) is 12.2 Å². The van der Waals surface area contributed by atoms with E-state index in [9.17, 15) is 0 Å². The monoisotopic (exact) mass is 282 g/mol. The molecule has 2 rings (SSSR count). The van der Waals surface area contributed by atoms with Crippen LogP contribution in [0.5, 0.6) is 0 Å². The molecule has 0 radical (unpaired) electrons. The quantitative estimate of drug-likeness (QED) is 0.513. The summed E-state index contributed by atoms with van der Waals surface area (Å²) in [6.45, 7) is 2.61. The van der Waals surface area contributed by atoms with Crippen molar-refractivity contribution < 1.29 is 21.5 Å². The zero-order valence-corrected chi connectivity index (χ0v) is 10.7. The minimum Gasteiger partial charge on any atom is -1.00 e. The molecule has 15 heavy (non-hydrogen) atoms. The van der Waals surface area contributed by atoms with Crippen molar-refractivity contribution in [2.24, 2.45) is 0 Å². The molecule has 0 amide bonds. The fourth-order valence-corrected chi connectivity index (χ4v) is 2.49. The van der Waals surface area contributed by atoms with Gasteiger partial charge in [0.15, 0.2) is 6.54 Å². The Morgan fingerprint density at radius 1 is 1.53 bits per heavy atom.